The molecule has 0 unspecified atom stereocenters. The lowest BCUT2D eigenvalue weighted by Gasteiger charge is -2.13. The number of nitrogen functional groups attached to an aromatic ring is 1. The molecule has 0 saturated carbocycles. The highest BCUT2D eigenvalue weighted by Gasteiger charge is 2.12. The number of aryl methyl sites for hydroxylation is 1. The third-order valence-electron chi connectivity index (χ3n) is 3.44. The average Bonchev–Trinajstić information content (AvgIpc) is 2.67. The van der Waals surface area contributed by atoms with Crippen LogP contribution in [0.4, 0.5) is 5.82 Å². The zero-order valence-corrected chi connectivity index (χ0v) is 10.2. The maximum Gasteiger partial charge on any atom is 0.126 e. The van der Waals surface area contributed by atoms with Gasteiger partial charge in [0.1, 0.15) is 5.82 Å². The predicted molar refractivity (Wildman–Crippen MR) is 67.4 cm³/mol. The number of aromatic nitrogens is 2. The van der Waals surface area contributed by atoms with Crippen LogP contribution < -0.4 is 5.73 Å². The molecule has 84 valence electrons. The summed E-state index contributed by atoms with van der Waals surface area (Å²) in [6.07, 6.45) is 1.78. The van der Waals surface area contributed by atoms with Crippen molar-refractivity contribution in [3.8, 4) is 11.1 Å². The Labute approximate surface area is 95.7 Å². The molecule has 0 fully saturated rings. The van der Waals surface area contributed by atoms with Gasteiger partial charge in [-0.05, 0) is 55.5 Å². The minimum absolute atomic E-state index is 0.630. The van der Waals surface area contributed by atoms with Crippen LogP contribution in [0, 0.1) is 27.7 Å². The highest BCUT2D eigenvalue weighted by molar-refractivity contribution is 5.77. The fourth-order valence-corrected chi connectivity index (χ4v) is 2.00. The highest BCUT2D eigenvalue weighted by Crippen LogP contribution is 2.31. The van der Waals surface area contributed by atoms with Crippen LogP contribution in [-0.2, 0) is 0 Å². The van der Waals surface area contributed by atoms with E-state index < -0.39 is 0 Å². The maximum atomic E-state index is 5.86. The molecule has 0 bridgehead atoms. The summed E-state index contributed by atoms with van der Waals surface area (Å²) in [5.41, 5.74) is 13.3. The van der Waals surface area contributed by atoms with Crippen LogP contribution >= 0.6 is 0 Å². The number of rotatable bonds is 1. The van der Waals surface area contributed by atoms with Gasteiger partial charge in [-0.25, -0.2) is 0 Å². The Morgan fingerprint density at radius 3 is 2.25 bits per heavy atom. The molecule has 0 aliphatic heterocycles. The molecule has 2 rings (SSSR count). The second-order valence-corrected chi connectivity index (χ2v) is 4.31. The van der Waals surface area contributed by atoms with Crippen molar-refractivity contribution in [2.24, 2.45) is 0 Å². The molecule has 0 aliphatic carbocycles. The number of aromatic amines is 1. The summed E-state index contributed by atoms with van der Waals surface area (Å²) in [5.74, 6) is 0.630. The first-order valence-corrected chi connectivity index (χ1v) is 5.39. The Kier molecular flexibility index (Phi) is 2.46. The van der Waals surface area contributed by atoms with Gasteiger partial charge in [0.25, 0.3) is 0 Å². The predicted octanol–water partition coefficient (Wildman–Crippen LogP) is 2.89. The molecule has 1 heterocycles. The van der Waals surface area contributed by atoms with Crippen LogP contribution in [0.3, 0.4) is 0 Å². The number of benzene rings is 1. The highest BCUT2D eigenvalue weighted by atomic mass is 15.1. The van der Waals surface area contributed by atoms with Crippen molar-refractivity contribution in [2.45, 2.75) is 27.7 Å². The van der Waals surface area contributed by atoms with Gasteiger partial charge in [-0.15, -0.1) is 0 Å². The summed E-state index contributed by atoms with van der Waals surface area (Å²) in [4.78, 5) is 0. The van der Waals surface area contributed by atoms with Crippen molar-refractivity contribution >= 4 is 5.82 Å². The number of hydrogen-bond acceptors (Lipinski definition) is 2. The molecule has 16 heavy (non-hydrogen) atoms. The van der Waals surface area contributed by atoms with Crippen LogP contribution in [0.5, 0.6) is 0 Å². The Bertz CT molecular complexity index is 538. The first kappa shape index (κ1) is 10.7. The summed E-state index contributed by atoms with van der Waals surface area (Å²) < 4.78 is 0. The van der Waals surface area contributed by atoms with E-state index in [0.717, 1.165) is 5.56 Å². The van der Waals surface area contributed by atoms with Gasteiger partial charge in [-0.1, -0.05) is 6.07 Å². The quantitative estimate of drug-likeness (QED) is 0.768. The van der Waals surface area contributed by atoms with Crippen LogP contribution in [0.25, 0.3) is 11.1 Å². The van der Waals surface area contributed by atoms with E-state index in [9.17, 15) is 0 Å². The number of anilines is 1. The van der Waals surface area contributed by atoms with E-state index >= 15 is 0 Å². The molecule has 3 heteroatoms. The van der Waals surface area contributed by atoms with Crippen molar-refractivity contribution in [1.82, 2.24) is 10.2 Å². The fraction of sp³-hybridized carbons (Fsp3) is 0.308. The van der Waals surface area contributed by atoms with Gasteiger partial charge in [0.2, 0.25) is 0 Å². The molecule has 0 amide bonds. The van der Waals surface area contributed by atoms with Crippen LogP contribution in [0.1, 0.15) is 22.3 Å². The summed E-state index contributed by atoms with van der Waals surface area (Å²) >= 11 is 0. The van der Waals surface area contributed by atoms with E-state index in [2.05, 4.69) is 44.0 Å². The lowest BCUT2D eigenvalue weighted by atomic mass is 9.92. The normalized spacial score (nSPS) is 10.8. The van der Waals surface area contributed by atoms with E-state index in [1.807, 2.05) is 0 Å². The topological polar surface area (TPSA) is 54.7 Å². The van der Waals surface area contributed by atoms with E-state index in [1.165, 1.54) is 27.8 Å². The zero-order chi connectivity index (χ0) is 11.9. The van der Waals surface area contributed by atoms with Crippen LogP contribution in [-0.4, -0.2) is 10.2 Å². The molecule has 0 aliphatic rings. The summed E-state index contributed by atoms with van der Waals surface area (Å²) in [6.45, 7) is 8.56. The van der Waals surface area contributed by atoms with Crippen LogP contribution in [0.2, 0.25) is 0 Å². The van der Waals surface area contributed by atoms with Crippen molar-refractivity contribution in [3.05, 3.63) is 34.5 Å². The van der Waals surface area contributed by atoms with Crippen molar-refractivity contribution in [1.29, 1.82) is 0 Å². The number of nitrogens with zero attached hydrogens (tertiary/aromatic N) is 1. The first-order valence-electron chi connectivity index (χ1n) is 5.39. The van der Waals surface area contributed by atoms with Gasteiger partial charge in [0.05, 0.1) is 6.20 Å². The largest absolute Gasteiger partial charge is 0.384 e. The number of hydrogen-bond donors (Lipinski definition) is 2. The molecular formula is C13H17N3. The molecule has 0 spiro atoms. The second-order valence-electron chi connectivity index (χ2n) is 4.31. The maximum absolute atomic E-state index is 5.86. The van der Waals surface area contributed by atoms with Crippen molar-refractivity contribution in [3.63, 3.8) is 0 Å². The standard InChI is InChI=1S/C13H17N3/c1-7-5-11(10(4)9(3)8(7)2)12-6-15-16-13(12)14/h5-6H,1-4H3,(H3,14,15,16). The third kappa shape index (κ3) is 1.48. The summed E-state index contributed by atoms with van der Waals surface area (Å²) in [5, 5.41) is 6.75. The van der Waals surface area contributed by atoms with Crippen molar-refractivity contribution in [2.75, 3.05) is 5.73 Å². The Morgan fingerprint density at radius 2 is 1.69 bits per heavy atom. The Morgan fingerprint density at radius 1 is 1.00 bits per heavy atom. The molecule has 2 aromatic rings. The first-order chi connectivity index (χ1) is 7.52. The summed E-state index contributed by atoms with van der Waals surface area (Å²) in [7, 11) is 0. The van der Waals surface area contributed by atoms with Gasteiger partial charge in [0.15, 0.2) is 0 Å². The Balaban J connectivity index is 2.72. The zero-order valence-electron chi connectivity index (χ0n) is 10.2. The van der Waals surface area contributed by atoms with E-state index in [-0.39, 0.29) is 0 Å². The molecule has 3 nitrogen and oxygen atoms in total. The van der Waals surface area contributed by atoms with Gasteiger partial charge >= 0.3 is 0 Å². The monoisotopic (exact) mass is 215 g/mol. The third-order valence-corrected chi connectivity index (χ3v) is 3.44. The average molecular weight is 215 g/mol. The van der Waals surface area contributed by atoms with Gasteiger partial charge < -0.3 is 5.73 Å². The SMILES string of the molecule is Cc1cc(-c2cn[nH]c2N)c(C)c(C)c1C. The van der Waals surface area contributed by atoms with E-state index in [0.29, 0.717) is 5.82 Å². The van der Waals surface area contributed by atoms with Crippen molar-refractivity contribution < 1.29 is 0 Å². The minimum Gasteiger partial charge on any atom is -0.384 e. The molecular weight excluding hydrogens is 198 g/mol. The van der Waals surface area contributed by atoms with Crippen LogP contribution in [0.15, 0.2) is 12.3 Å². The smallest absolute Gasteiger partial charge is 0.126 e. The number of nitrogens with one attached hydrogen (secondary N) is 1. The number of nitrogens with two attached hydrogens (primary N) is 1. The molecule has 1 aromatic carbocycles. The lowest BCUT2D eigenvalue weighted by molar-refractivity contribution is 1.10. The lowest BCUT2D eigenvalue weighted by Crippen LogP contribution is -1.96. The molecule has 0 atom stereocenters. The van der Waals surface area contributed by atoms with Gasteiger partial charge in [0, 0.05) is 5.56 Å². The van der Waals surface area contributed by atoms with E-state index in [1.54, 1.807) is 6.20 Å². The fourth-order valence-electron chi connectivity index (χ4n) is 2.00. The molecule has 0 saturated heterocycles. The molecule has 3 N–H and O–H groups in total. The van der Waals surface area contributed by atoms with Gasteiger partial charge in [-0.2, -0.15) is 5.10 Å². The molecule has 0 radical (unpaired) electrons. The molecule has 1 aromatic heterocycles. The second kappa shape index (κ2) is 3.67. The van der Waals surface area contributed by atoms with Gasteiger partial charge in [-0.3, -0.25) is 5.10 Å². The number of H-pyrrole nitrogens is 1. The Hall–Kier alpha value is -1.77. The minimum atomic E-state index is 0.630. The summed E-state index contributed by atoms with van der Waals surface area (Å²) in [6, 6.07) is 2.18. The van der Waals surface area contributed by atoms with E-state index in [4.69, 9.17) is 5.73 Å².